The van der Waals surface area contributed by atoms with E-state index in [4.69, 9.17) is 0 Å². The van der Waals surface area contributed by atoms with Crippen LogP contribution < -0.4 is 10.6 Å². The van der Waals surface area contributed by atoms with Crippen molar-refractivity contribution in [3.63, 3.8) is 0 Å². The summed E-state index contributed by atoms with van der Waals surface area (Å²) < 4.78 is 0. The number of piperazine rings is 1. The van der Waals surface area contributed by atoms with Crippen molar-refractivity contribution in [1.82, 2.24) is 10.6 Å². The third kappa shape index (κ3) is 2.48. The molecule has 0 spiro atoms. The first-order chi connectivity index (χ1) is 6.67. The predicted molar refractivity (Wildman–Crippen MR) is 62.6 cm³/mol. The summed E-state index contributed by atoms with van der Waals surface area (Å²) in [4.78, 5) is 0. The predicted octanol–water partition coefficient (Wildman–Crippen LogP) is 2.15. The van der Waals surface area contributed by atoms with Gasteiger partial charge in [-0.15, -0.1) is 0 Å². The van der Waals surface area contributed by atoms with Gasteiger partial charge in [0.1, 0.15) is 0 Å². The molecule has 0 amide bonds. The third-order valence-corrected chi connectivity index (χ3v) is 4.08. The zero-order valence-corrected chi connectivity index (χ0v) is 10.2. The number of nitrogens with one attached hydrogen (secondary N) is 2. The lowest BCUT2D eigenvalue weighted by atomic mass is 9.87. The molecule has 0 aliphatic carbocycles. The topological polar surface area (TPSA) is 24.1 Å². The minimum atomic E-state index is 0.365. The molecule has 1 aliphatic rings. The molecule has 2 N–H and O–H groups in total. The molecule has 2 heteroatoms. The molecular formula is C12H26N2. The molecule has 1 heterocycles. The van der Waals surface area contributed by atoms with Crippen LogP contribution in [0.1, 0.15) is 47.0 Å². The molecular weight excluding hydrogens is 172 g/mol. The smallest absolute Gasteiger partial charge is 0.0301 e. The fraction of sp³-hybridized carbons (Fsp3) is 1.00. The minimum absolute atomic E-state index is 0.365. The van der Waals surface area contributed by atoms with Crippen molar-refractivity contribution < 1.29 is 0 Å². The van der Waals surface area contributed by atoms with Crippen molar-refractivity contribution in [1.29, 1.82) is 0 Å². The summed E-state index contributed by atoms with van der Waals surface area (Å²) in [5, 5.41) is 7.43. The molecule has 84 valence electrons. The van der Waals surface area contributed by atoms with Crippen LogP contribution >= 0.6 is 0 Å². The zero-order chi connectivity index (χ0) is 10.6. The van der Waals surface area contributed by atoms with E-state index in [-0.39, 0.29) is 0 Å². The highest BCUT2D eigenvalue weighted by atomic mass is 15.1. The largest absolute Gasteiger partial charge is 0.311 e. The van der Waals surface area contributed by atoms with Gasteiger partial charge in [0, 0.05) is 24.7 Å². The second-order valence-electron chi connectivity index (χ2n) is 4.74. The lowest BCUT2D eigenvalue weighted by Crippen LogP contribution is -2.63. The maximum absolute atomic E-state index is 3.73. The van der Waals surface area contributed by atoms with Gasteiger partial charge in [-0.1, -0.05) is 34.1 Å². The molecule has 2 atom stereocenters. The average molecular weight is 198 g/mol. The van der Waals surface area contributed by atoms with E-state index in [2.05, 4.69) is 38.3 Å². The van der Waals surface area contributed by atoms with Crippen molar-refractivity contribution in [2.75, 3.05) is 13.1 Å². The Labute approximate surface area is 88.8 Å². The van der Waals surface area contributed by atoms with E-state index in [0.29, 0.717) is 11.6 Å². The van der Waals surface area contributed by atoms with Gasteiger partial charge in [0.25, 0.3) is 0 Å². The van der Waals surface area contributed by atoms with Crippen LogP contribution in [0.5, 0.6) is 0 Å². The Morgan fingerprint density at radius 2 is 1.93 bits per heavy atom. The normalized spacial score (nSPS) is 28.7. The Kier molecular flexibility index (Phi) is 4.39. The zero-order valence-electron chi connectivity index (χ0n) is 10.2. The summed E-state index contributed by atoms with van der Waals surface area (Å²) in [6, 6.07) is 0.672. The molecule has 2 unspecified atom stereocenters. The SMILES string of the molecule is CCC(C)C1CNC(CC)(CC)CN1. The van der Waals surface area contributed by atoms with Crippen LogP contribution in [0.4, 0.5) is 0 Å². The summed E-state index contributed by atoms with van der Waals surface area (Å²) in [6.45, 7) is 11.4. The molecule has 14 heavy (non-hydrogen) atoms. The fourth-order valence-corrected chi connectivity index (χ4v) is 2.22. The van der Waals surface area contributed by atoms with Crippen LogP contribution in [0.3, 0.4) is 0 Å². The van der Waals surface area contributed by atoms with Crippen molar-refractivity contribution in [3.8, 4) is 0 Å². The van der Waals surface area contributed by atoms with Crippen LogP contribution in [-0.4, -0.2) is 24.7 Å². The Morgan fingerprint density at radius 3 is 2.29 bits per heavy atom. The summed E-state index contributed by atoms with van der Waals surface area (Å²) in [5.74, 6) is 0.786. The Balaban J connectivity index is 2.44. The molecule has 1 fully saturated rings. The Bertz CT molecular complexity index is 154. The quantitative estimate of drug-likeness (QED) is 0.723. The fourth-order valence-electron chi connectivity index (χ4n) is 2.22. The number of hydrogen-bond acceptors (Lipinski definition) is 2. The van der Waals surface area contributed by atoms with Crippen LogP contribution in [0.2, 0.25) is 0 Å². The van der Waals surface area contributed by atoms with Gasteiger partial charge in [0.15, 0.2) is 0 Å². The van der Waals surface area contributed by atoms with Gasteiger partial charge >= 0.3 is 0 Å². The molecule has 1 saturated heterocycles. The highest BCUT2D eigenvalue weighted by molar-refractivity contribution is 4.95. The van der Waals surface area contributed by atoms with Crippen LogP contribution in [0.25, 0.3) is 0 Å². The van der Waals surface area contributed by atoms with Gasteiger partial charge < -0.3 is 10.6 Å². The molecule has 0 aromatic heterocycles. The van der Waals surface area contributed by atoms with Gasteiger partial charge in [-0.2, -0.15) is 0 Å². The van der Waals surface area contributed by atoms with Crippen molar-refractivity contribution in [2.24, 2.45) is 5.92 Å². The summed E-state index contributed by atoms with van der Waals surface area (Å²) >= 11 is 0. The van der Waals surface area contributed by atoms with Crippen molar-refractivity contribution in [2.45, 2.75) is 58.5 Å². The van der Waals surface area contributed by atoms with E-state index in [1.54, 1.807) is 0 Å². The lowest BCUT2D eigenvalue weighted by molar-refractivity contribution is 0.190. The van der Waals surface area contributed by atoms with Gasteiger partial charge in [-0.05, 0) is 18.8 Å². The van der Waals surface area contributed by atoms with Crippen LogP contribution in [0.15, 0.2) is 0 Å². The molecule has 0 aromatic rings. The average Bonchev–Trinajstić information content (AvgIpc) is 2.28. The highest BCUT2D eigenvalue weighted by Gasteiger charge is 2.32. The van der Waals surface area contributed by atoms with E-state index >= 15 is 0 Å². The van der Waals surface area contributed by atoms with Gasteiger partial charge in [0.05, 0.1) is 0 Å². The highest BCUT2D eigenvalue weighted by Crippen LogP contribution is 2.19. The first kappa shape index (κ1) is 12.0. The molecule has 0 saturated carbocycles. The van der Waals surface area contributed by atoms with E-state index in [1.165, 1.54) is 19.3 Å². The van der Waals surface area contributed by atoms with Crippen molar-refractivity contribution >= 4 is 0 Å². The maximum Gasteiger partial charge on any atom is 0.0301 e. The first-order valence-electron chi connectivity index (χ1n) is 6.15. The van der Waals surface area contributed by atoms with Crippen LogP contribution in [0, 0.1) is 5.92 Å². The minimum Gasteiger partial charge on any atom is -0.311 e. The summed E-state index contributed by atoms with van der Waals surface area (Å²) in [7, 11) is 0. The second-order valence-corrected chi connectivity index (χ2v) is 4.74. The summed E-state index contributed by atoms with van der Waals surface area (Å²) in [6.07, 6.45) is 3.72. The second kappa shape index (κ2) is 5.13. The maximum atomic E-state index is 3.73. The van der Waals surface area contributed by atoms with Gasteiger partial charge in [-0.3, -0.25) is 0 Å². The summed E-state index contributed by atoms with van der Waals surface area (Å²) in [5.41, 5.74) is 0.365. The van der Waals surface area contributed by atoms with Crippen molar-refractivity contribution in [3.05, 3.63) is 0 Å². The van der Waals surface area contributed by atoms with Gasteiger partial charge in [0.2, 0.25) is 0 Å². The molecule has 1 rings (SSSR count). The van der Waals surface area contributed by atoms with E-state index in [0.717, 1.165) is 19.0 Å². The molecule has 0 bridgehead atoms. The molecule has 0 radical (unpaired) electrons. The number of rotatable bonds is 4. The van der Waals surface area contributed by atoms with E-state index < -0.39 is 0 Å². The van der Waals surface area contributed by atoms with E-state index in [9.17, 15) is 0 Å². The van der Waals surface area contributed by atoms with Gasteiger partial charge in [-0.25, -0.2) is 0 Å². The Hall–Kier alpha value is -0.0800. The third-order valence-electron chi connectivity index (χ3n) is 4.08. The van der Waals surface area contributed by atoms with E-state index in [1.807, 2.05) is 0 Å². The monoisotopic (exact) mass is 198 g/mol. The molecule has 1 aliphatic heterocycles. The molecule has 2 nitrogen and oxygen atoms in total. The standard InChI is InChI=1S/C12H26N2/c1-5-10(4)11-8-14-12(6-2,7-3)9-13-11/h10-11,13-14H,5-9H2,1-4H3. The Morgan fingerprint density at radius 1 is 1.29 bits per heavy atom. The lowest BCUT2D eigenvalue weighted by Gasteiger charge is -2.42. The van der Waals surface area contributed by atoms with Crippen LogP contribution in [-0.2, 0) is 0 Å². The molecule has 0 aromatic carbocycles. The first-order valence-corrected chi connectivity index (χ1v) is 6.15. The number of hydrogen-bond donors (Lipinski definition) is 2.